The van der Waals surface area contributed by atoms with Gasteiger partial charge in [0.1, 0.15) is 5.82 Å². The molecule has 98 valence electrons. The molecule has 0 saturated carbocycles. The van der Waals surface area contributed by atoms with Crippen molar-refractivity contribution in [3.05, 3.63) is 29.5 Å². The third-order valence-electron chi connectivity index (χ3n) is 3.05. The highest BCUT2D eigenvalue weighted by Crippen LogP contribution is 2.35. The number of benzene rings is 1. The first-order valence-corrected chi connectivity index (χ1v) is 6.95. The van der Waals surface area contributed by atoms with E-state index in [1.54, 1.807) is 30.0 Å². The zero-order valence-corrected chi connectivity index (χ0v) is 11.2. The number of phenolic OH excluding ortho intramolecular Hbond substituents is 1. The smallest absolute Gasteiger partial charge is 0.161 e. The van der Waals surface area contributed by atoms with Gasteiger partial charge in [-0.15, -0.1) is 0 Å². The molecule has 0 atom stereocenters. The van der Waals surface area contributed by atoms with Crippen LogP contribution in [0.4, 0.5) is 5.82 Å². The van der Waals surface area contributed by atoms with Gasteiger partial charge in [0.05, 0.1) is 12.8 Å². The molecule has 3 rings (SSSR count). The van der Waals surface area contributed by atoms with Crippen LogP contribution >= 0.6 is 11.8 Å². The normalized spacial score (nSPS) is 13.3. The number of nitrogens with zero attached hydrogens (tertiary/aromatic N) is 2. The number of fused-ring (bicyclic) bond motifs is 1. The van der Waals surface area contributed by atoms with E-state index in [-0.39, 0.29) is 5.75 Å². The van der Waals surface area contributed by atoms with Crippen molar-refractivity contribution in [2.75, 3.05) is 12.8 Å². The molecule has 1 aliphatic heterocycles. The zero-order valence-electron chi connectivity index (χ0n) is 10.4. The van der Waals surface area contributed by atoms with Crippen LogP contribution in [0.25, 0.3) is 11.4 Å². The third-order valence-corrected chi connectivity index (χ3v) is 4.02. The number of nitrogens with two attached hydrogens (primary N) is 1. The van der Waals surface area contributed by atoms with Crippen LogP contribution in [0.2, 0.25) is 0 Å². The summed E-state index contributed by atoms with van der Waals surface area (Å²) in [6.07, 6.45) is 0. The Morgan fingerprint density at radius 2 is 2.16 bits per heavy atom. The van der Waals surface area contributed by atoms with E-state index in [0.717, 1.165) is 28.3 Å². The van der Waals surface area contributed by atoms with Gasteiger partial charge in [0.2, 0.25) is 0 Å². The second kappa shape index (κ2) is 4.62. The van der Waals surface area contributed by atoms with Crippen molar-refractivity contribution in [1.29, 1.82) is 0 Å². The lowest BCUT2D eigenvalue weighted by Crippen LogP contribution is -2.02. The molecule has 0 aliphatic carbocycles. The quantitative estimate of drug-likeness (QED) is 0.874. The largest absolute Gasteiger partial charge is 0.504 e. The van der Waals surface area contributed by atoms with E-state index in [1.807, 2.05) is 0 Å². The lowest BCUT2D eigenvalue weighted by atomic mass is 10.1. The van der Waals surface area contributed by atoms with Crippen LogP contribution in [0.1, 0.15) is 11.3 Å². The molecule has 0 amide bonds. The van der Waals surface area contributed by atoms with Gasteiger partial charge in [-0.2, -0.15) is 11.8 Å². The minimum Gasteiger partial charge on any atom is -0.504 e. The Balaban J connectivity index is 2.10. The van der Waals surface area contributed by atoms with Gasteiger partial charge >= 0.3 is 0 Å². The van der Waals surface area contributed by atoms with Gasteiger partial charge in [0.25, 0.3) is 0 Å². The van der Waals surface area contributed by atoms with E-state index in [4.69, 9.17) is 10.5 Å². The van der Waals surface area contributed by atoms with E-state index in [9.17, 15) is 5.11 Å². The fraction of sp³-hybridized carbons (Fsp3) is 0.231. The number of hydrogen-bond donors (Lipinski definition) is 2. The molecule has 0 fully saturated rings. The SMILES string of the molecule is COc1cc(-c2nc(N)c3c(n2)CSC3)ccc1O. The summed E-state index contributed by atoms with van der Waals surface area (Å²) in [5.74, 6) is 3.34. The molecule has 19 heavy (non-hydrogen) atoms. The van der Waals surface area contributed by atoms with E-state index in [1.165, 1.54) is 7.11 Å². The van der Waals surface area contributed by atoms with Crippen molar-refractivity contribution in [2.24, 2.45) is 0 Å². The lowest BCUT2D eigenvalue weighted by Gasteiger charge is -2.08. The minimum atomic E-state index is 0.0935. The van der Waals surface area contributed by atoms with Crippen molar-refractivity contribution in [2.45, 2.75) is 11.5 Å². The van der Waals surface area contributed by atoms with E-state index < -0.39 is 0 Å². The van der Waals surface area contributed by atoms with Crippen molar-refractivity contribution >= 4 is 17.6 Å². The number of ether oxygens (including phenoxy) is 1. The number of nitrogen functional groups attached to an aromatic ring is 1. The Morgan fingerprint density at radius 3 is 2.95 bits per heavy atom. The number of thioether (sulfide) groups is 1. The molecule has 0 bridgehead atoms. The third kappa shape index (κ3) is 2.08. The molecule has 2 aromatic rings. The van der Waals surface area contributed by atoms with Crippen LogP contribution < -0.4 is 10.5 Å². The topological polar surface area (TPSA) is 81.3 Å². The second-order valence-electron chi connectivity index (χ2n) is 4.24. The van der Waals surface area contributed by atoms with Crippen LogP contribution in [0.3, 0.4) is 0 Å². The van der Waals surface area contributed by atoms with Gasteiger partial charge in [-0.3, -0.25) is 0 Å². The van der Waals surface area contributed by atoms with Crippen LogP contribution in [0.5, 0.6) is 11.5 Å². The molecular formula is C13H13N3O2S. The summed E-state index contributed by atoms with van der Waals surface area (Å²) in [7, 11) is 1.51. The highest BCUT2D eigenvalue weighted by atomic mass is 32.2. The number of aromatic hydroxyl groups is 1. The molecule has 0 unspecified atom stereocenters. The number of anilines is 1. The van der Waals surface area contributed by atoms with E-state index in [0.29, 0.717) is 17.4 Å². The standard InChI is InChI=1S/C13H13N3O2S/c1-18-11-4-7(2-3-10(11)17)13-15-9-6-19-5-8(9)12(14)16-13/h2-4,17H,5-6H2,1H3,(H2,14,15,16). The van der Waals surface area contributed by atoms with Crippen molar-refractivity contribution < 1.29 is 9.84 Å². The zero-order chi connectivity index (χ0) is 13.4. The summed E-state index contributed by atoms with van der Waals surface area (Å²) < 4.78 is 5.09. The highest BCUT2D eigenvalue weighted by Gasteiger charge is 2.19. The summed E-state index contributed by atoms with van der Waals surface area (Å²) in [5.41, 5.74) is 8.78. The van der Waals surface area contributed by atoms with Crippen molar-refractivity contribution in [1.82, 2.24) is 9.97 Å². The van der Waals surface area contributed by atoms with E-state index >= 15 is 0 Å². The number of aromatic nitrogens is 2. The number of methoxy groups -OCH3 is 1. The number of rotatable bonds is 2. The highest BCUT2D eigenvalue weighted by molar-refractivity contribution is 7.98. The van der Waals surface area contributed by atoms with Gasteiger partial charge in [-0.1, -0.05) is 0 Å². The van der Waals surface area contributed by atoms with E-state index in [2.05, 4.69) is 9.97 Å². The summed E-state index contributed by atoms with van der Waals surface area (Å²) in [6.45, 7) is 0. The lowest BCUT2D eigenvalue weighted by molar-refractivity contribution is 0.373. The van der Waals surface area contributed by atoms with Crippen molar-refractivity contribution in [3.63, 3.8) is 0 Å². The molecule has 1 aromatic heterocycles. The molecule has 0 spiro atoms. The van der Waals surface area contributed by atoms with Crippen LogP contribution in [0.15, 0.2) is 18.2 Å². The van der Waals surface area contributed by atoms with Crippen LogP contribution in [-0.2, 0) is 11.5 Å². The molecule has 3 N–H and O–H groups in total. The molecule has 2 heterocycles. The van der Waals surface area contributed by atoms with Crippen molar-refractivity contribution in [3.8, 4) is 22.9 Å². The number of hydrogen-bond acceptors (Lipinski definition) is 6. The monoisotopic (exact) mass is 275 g/mol. The Morgan fingerprint density at radius 1 is 1.32 bits per heavy atom. The first-order chi connectivity index (χ1) is 9.19. The van der Waals surface area contributed by atoms with Gasteiger partial charge in [0.15, 0.2) is 17.3 Å². The predicted molar refractivity (Wildman–Crippen MR) is 75.1 cm³/mol. The molecule has 0 saturated heterocycles. The average Bonchev–Trinajstić information content (AvgIpc) is 2.88. The molecule has 6 heteroatoms. The minimum absolute atomic E-state index is 0.0935. The maximum absolute atomic E-state index is 9.60. The first-order valence-electron chi connectivity index (χ1n) is 5.79. The Hall–Kier alpha value is -1.95. The second-order valence-corrected chi connectivity index (χ2v) is 5.22. The summed E-state index contributed by atoms with van der Waals surface area (Å²) in [4.78, 5) is 8.88. The van der Waals surface area contributed by atoms with Gasteiger partial charge in [-0.05, 0) is 18.2 Å². The molecular weight excluding hydrogens is 262 g/mol. The average molecular weight is 275 g/mol. The Kier molecular flexibility index (Phi) is 2.94. The maximum atomic E-state index is 9.60. The molecule has 1 aliphatic rings. The van der Waals surface area contributed by atoms with Gasteiger partial charge in [-0.25, -0.2) is 9.97 Å². The first kappa shape index (κ1) is 12.1. The number of phenols is 1. The molecule has 1 aromatic carbocycles. The molecule has 0 radical (unpaired) electrons. The Bertz CT molecular complexity index is 646. The predicted octanol–water partition coefficient (Wildman–Crippen LogP) is 2.19. The van der Waals surface area contributed by atoms with Gasteiger partial charge < -0.3 is 15.6 Å². The van der Waals surface area contributed by atoms with Crippen LogP contribution in [-0.4, -0.2) is 22.2 Å². The summed E-state index contributed by atoms with van der Waals surface area (Å²) in [5, 5.41) is 9.60. The fourth-order valence-corrected chi connectivity index (χ4v) is 3.07. The maximum Gasteiger partial charge on any atom is 0.161 e. The Labute approximate surface area is 114 Å². The summed E-state index contributed by atoms with van der Waals surface area (Å²) in [6, 6.07) is 5.02. The fourth-order valence-electron chi connectivity index (χ4n) is 2.02. The summed E-state index contributed by atoms with van der Waals surface area (Å²) >= 11 is 1.78. The molecule has 5 nitrogen and oxygen atoms in total. The van der Waals surface area contributed by atoms with Crippen LogP contribution in [0, 0.1) is 0 Å². The van der Waals surface area contributed by atoms with Gasteiger partial charge in [0, 0.05) is 22.6 Å².